The van der Waals surface area contributed by atoms with E-state index in [4.69, 9.17) is 9.47 Å². The Morgan fingerprint density at radius 1 is 1.10 bits per heavy atom. The van der Waals surface area contributed by atoms with Gasteiger partial charge in [0.25, 0.3) is 5.56 Å². The molecule has 4 rings (SSSR count). The molecule has 2 heterocycles. The van der Waals surface area contributed by atoms with Gasteiger partial charge in [-0.2, -0.15) is 0 Å². The van der Waals surface area contributed by atoms with Crippen LogP contribution in [0.1, 0.15) is 28.3 Å². The van der Waals surface area contributed by atoms with Crippen molar-refractivity contribution in [3.8, 4) is 23.1 Å². The summed E-state index contributed by atoms with van der Waals surface area (Å²) < 4.78 is 11.9. The zero-order valence-corrected chi connectivity index (χ0v) is 17.0. The molecule has 0 radical (unpaired) electrons. The number of rotatable bonds is 4. The van der Waals surface area contributed by atoms with Crippen molar-refractivity contribution in [3.05, 3.63) is 79.5 Å². The maximum Gasteiger partial charge on any atom is 0.335 e. The number of aryl methyl sites for hydroxylation is 1. The van der Waals surface area contributed by atoms with Crippen molar-refractivity contribution in [1.29, 1.82) is 0 Å². The van der Waals surface area contributed by atoms with Crippen molar-refractivity contribution < 1.29 is 14.6 Å². The molecule has 0 unspecified atom stereocenters. The van der Waals surface area contributed by atoms with Gasteiger partial charge in [-0.05, 0) is 54.3 Å². The number of nitrogens with one attached hydrogen (secondary N) is 2. The lowest BCUT2D eigenvalue weighted by atomic mass is 9.90. The summed E-state index contributed by atoms with van der Waals surface area (Å²) in [5, 5.41) is 14.3. The van der Waals surface area contributed by atoms with Gasteiger partial charge in [0, 0.05) is 6.54 Å². The van der Waals surface area contributed by atoms with Crippen molar-refractivity contribution in [1.82, 2.24) is 14.9 Å². The van der Waals surface area contributed by atoms with E-state index in [0.717, 1.165) is 27.7 Å². The van der Waals surface area contributed by atoms with E-state index < -0.39 is 23.2 Å². The van der Waals surface area contributed by atoms with Crippen molar-refractivity contribution in [2.75, 3.05) is 20.8 Å². The third kappa shape index (κ3) is 3.25. The molecular weight excluding hydrogens is 386 g/mol. The fourth-order valence-corrected chi connectivity index (χ4v) is 3.95. The molecule has 2 aromatic carbocycles. The molecule has 1 aliphatic heterocycles. The van der Waals surface area contributed by atoms with Gasteiger partial charge >= 0.3 is 5.69 Å². The van der Waals surface area contributed by atoms with E-state index in [1.165, 1.54) is 7.11 Å². The van der Waals surface area contributed by atoms with Gasteiger partial charge in [0.1, 0.15) is 0 Å². The molecule has 3 aromatic rings. The van der Waals surface area contributed by atoms with E-state index in [9.17, 15) is 14.7 Å². The van der Waals surface area contributed by atoms with Gasteiger partial charge in [-0.1, -0.05) is 12.1 Å². The lowest BCUT2D eigenvalue weighted by Crippen LogP contribution is -2.38. The molecule has 1 aliphatic rings. The first kappa shape index (κ1) is 19.8. The highest BCUT2D eigenvalue weighted by Crippen LogP contribution is 2.38. The summed E-state index contributed by atoms with van der Waals surface area (Å²) in [6.45, 7) is 2.48. The summed E-state index contributed by atoms with van der Waals surface area (Å²) in [5.41, 5.74) is 1.89. The number of aromatic nitrogens is 2. The Bertz CT molecular complexity index is 1230. The van der Waals surface area contributed by atoms with Crippen LogP contribution < -0.4 is 26.0 Å². The second-order valence-corrected chi connectivity index (χ2v) is 7.21. The smallest absolute Gasteiger partial charge is 0.335 e. The highest BCUT2D eigenvalue weighted by atomic mass is 16.5. The fourth-order valence-electron chi connectivity index (χ4n) is 3.95. The molecule has 0 fully saturated rings. The first-order chi connectivity index (χ1) is 14.4. The van der Waals surface area contributed by atoms with Crippen LogP contribution in [0.4, 0.5) is 0 Å². The first-order valence-electron chi connectivity index (χ1n) is 9.58. The predicted octanol–water partition coefficient (Wildman–Crippen LogP) is 1.79. The summed E-state index contributed by atoms with van der Waals surface area (Å²) in [4.78, 5) is 27.6. The molecule has 0 bridgehead atoms. The molecule has 0 amide bonds. The maximum absolute atomic E-state index is 12.8. The van der Waals surface area contributed by atoms with Gasteiger partial charge in [-0.25, -0.2) is 9.36 Å². The Labute approximate surface area is 172 Å². The van der Waals surface area contributed by atoms with E-state index in [1.807, 2.05) is 19.1 Å². The lowest BCUT2D eigenvalue weighted by molar-refractivity contribution is 0.352. The standard InChI is InChI=1S/C22H23N3O5/c1-12-5-4-6-14(9-12)25-21(27)18(20(26)24-22(25)28)19-15-11-17(30-3)16(29-2)10-13(15)7-8-23-19/h4-6,9-11,19,23,27H,7-8H2,1-3H3,(H,24,26,28)/t19-/m0/s1. The van der Waals surface area contributed by atoms with Crippen LogP contribution in [0.3, 0.4) is 0 Å². The second-order valence-electron chi connectivity index (χ2n) is 7.21. The van der Waals surface area contributed by atoms with Gasteiger partial charge < -0.3 is 19.9 Å². The van der Waals surface area contributed by atoms with E-state index in [2.05, 4.69) is 10.3 Å². The van der Waals surface area contributed by atoms with Crippen LogP contribution in [0.2, 0.25) is 0 Å². The van der Waals surface area contributed by atoms with Crippen LogP contribution in [0.5, 0.6) is 17.4 Å². The number of hydrogen-bond acceptors (Lipinski definition) is 6. The number of ether oxygens (including phenoxy) is 2. The number of aromatic hydroxyl groups is 1. The molecular formula is C22H23N3O5. The SMILES string of the molecule is COc1cc2c(cc1OC)[C@@H](c1c(O)n(-c3cccc(C)c3)c(=O)[nH]c1=O)NCC2. The Kier molecular flexibility index (Phi) is 5.09. The Morgan fingerprint density at radius 2 is 1.83 bits per heavy atom. The molecule has 0 aliphatic carbocycles. The largest absolute Gasteiger partial charge is 0.494 e. The first-order valence-corrected chi connectivity index (χ1v) is 9.58. The van der Waals surface area contributed by atoms with Gasteiger partial charge in [-0.3, -0.25) is 9.78 Å². The number of methoxy groups -OCH3 is 2. The second kappa shape index (κ2) is 7.72. The van der Waals surface area contributed by atoms with E-state index in [-0.39, 0.29) is 5.56 Å². The van der Waals surface area contributed by atoms with Crippen molar-refractivity contribution >= 4 is 0 Å². The summed E-state index contributed by atoms with van der Waals surface area (Å²) >= 11 is 0. The third-order valence-corrected chi connectivity index (χ3v) is 5.37. The van der Waals surface area contributed by atoms with Crippen molar-refractivity contribution in [2.24, 2.45) is 0 Å². The average molecular weight is 409 g/mol. The zero-order chi connectivity index (χ0) is 21.4. The van der Waals surface area contributed by atoms with Crippen LogP contribution in [0.25, 0.3) is 5.69 Å². The zero-order valence-electron chi connectivity index (χ0n) is 17.0. The minimum atomic E-state index is -0.699. The van der Waals surface area contributed by atoms with Gasteiger partial charge in [0.05, 0.1) is 31.5 Å². The lowest BCUT2D eigenvalue weighted by Gasteiger charge is -2.28. The van der Waals surface area contributed by atoms with E-state index in [1.54, 1.807) is 31.4 Å². The molecule has 30 heavy (non-hydrogen) atoms. The third-order valence-electron chi connectivity index (χ3n) is 5.37. The highest BCUT2D eigenvalue weighted by molar-refractivity contribution is 5.53. The summed E-state index contributed by atoms with van der Waals surface area (Å²) in [7, 11) is 3.11. The van der Waals surface area contributed by atoms with Gasteiger partial charge in [-0.15, -0.1) is 0 Å². The van der Waals surface area contributed by atoms with Crippen LogP contribution in [0.15, 0.2) is 46.0 Å². The van der Waals surface area contributed by atoms with E-state index in [0.29, 0.717) is 23.7 Å². The van der Waals surface area contributed by atoms with Gasteiger partial charge in [0.15, 0.2) is 11.5 Å². The van der Waals surface area contributed by atoms with Gasteiger partial charge in [0.2, 0.25) is 5.88 Å². The number of nitrogens with zero attached hydrogens (tertiary/aromatic N) is 1. The Balaban J connectivity index is 1.94. The molecule has 0 spiro atoms. The molecule has 3 N–H and O–H groups in total. The Morgan fingerprint density at radius 3 is 2.53 bits per heavy atom. The van der Waals surface area contributed by atoms with Crippen LogP contribution >= 0.6 is 0 Å². The molecule has 1 aromatic heterocycles. The topological polar surface area (TPSA) is 106 Å². The summed E-state index contributed by atoms with van der Waals surface area (Å²) in [5.74, 6) is 0.724. The maximum atomic E-state index is 12.8. The molecule has 1 atom stereocenters. The highest BCUT2D eigenvalue weighted by Gasteiger charge is 2.30. The summed E-state index contributed by atoms with van der Waals surface area (Å²) in [6, 6.07) is 10.2. The average Bonchev–Trinajstić information content (AvgIpc) is 2.72. The monoisotopic (exact) mass is 409 g/mol. The van der Waals surface area contributed by atoms with E-state index >= 15 is 0 Å². The number of benzene rings is 2. The minimum absolute atomic E-state index is 0.0734. The fraction of sp³-hybridized carbons (Fsp3) is 0.273. The normalized spacial score (nSPS) is 15.5. The molecule has 8 heteroatoms. The number of fused-ring (bicyclic) bond motifs is 1. The van der Waals surface area contributed by atoms with Crippen molar-refractivity contribution in [2.45, 2.75) is 19.4 Å². The molecule has 8 nitrogen and oxygen atoms in total. The van der Waals surface area contributed by atoms with Crippen LogP contribution in [0, 0.1) is 6.92 Å². The number of hydrogen-bond donors (Lipinski definition) is 3. The molecule has 0 saturated carbocycles. The number of H-pyrrole nitrogens is 1. The Hall–Kier alpha value is -3.52. The minimum Gasteiger partial charge on any atom is -0.494 e. The quantitative estimate of drug-likeness (QED) is 0.607. The van der Waals surface area contributed by atoms with Crippen molar-refractivity contribution in [3.63, 3.8) is 0 Å². The number of aromatic amines is 1. The summed E-state index contributed by atoms with van der Waals surface area (Å²) in [6.07, 6.45) is 0.725. The predicted molar refractivity (Wildman–Crippen MR) is 112 cm³/mol. The molecule has 156 valence electrons. The van der Waals surface area contributed by atoms with Crippen LogP contribution in [-0.4, -0.2) is 35.4 Å². The van der Waals surface area contributed by atoms with Crippen LogP contribution in [-0.2, 0) is 6.42 Å². The molecule has 0 saturated heterocycles.